The van der Waals surface area contributed by atoms with Crippen molar-refractivity contribution in [1.29, 1.82) is 0 Å². The van der Waals surface area contributed by atoms with Gasteiger partial charge >= 0.3 is 0 Å². The monoisotopic (exact) mass is 298 g/mol. The van der Waals surface area contributed by atoms with E-state index in [-0.39, 0.29) is 10.3 Å². The molecule has 1 aromatic carbocycles. The number of hydrogen-bond donors (Lipinski definition) is 2. The Morgan fingerprint density at radius 3 is 2.15 bits per heavy atom. The molecule has 0 heterocycles. The van der Waals surface area contributed by atoms with Gasteiger partial charge in [0.05, 0.1) is 4.90 Å². The highest BCUT2D eigenvalue weighted by atomic mass is 32.2. The second-order valence-corrected chi connectivity index (χ2v) is 8.93. The van der Waals surface area contributed by atoms with E-state index in [0.717, 1.165) is 12.0 Å². The highest BCUT2D eigenvalue weighted by Crippen LogP contribution is 2.28. The van der Waals surface area contributed by atoms with E-state index in [1.807, 2.05) is 20.8 Å². The van der Waals surface area contributed by atoms with Gasteiger partial charge < -0.3 is 5.73 Å². The van der Waals surface area contributed by atoms with Crippen LogP contribution in [-0.2, 0) is 10.0 Å². The minimum Gasteiger partial charge on any atom is -0.398 e. The molecule has 0 amide bonds. The predicted molar refractivity (Wildman–Crippen MR) is 84.1 cm³/mol. The summed E-state index contributed by atoms with van der Waals surface area (Å²) in [4.78, 5) is 0.211. The minimum atomic E-state index is -3.56. The Bertz CT molecular complexity index is 584. The molecular weight excluding hydrogens is 272 g/mol. The summed E-state index contributed by atoms with van der Waals surface area (Å²) >= 11 is 0. The molecule has 0 radical (unpaired) electrons. The van der Waals surface area contributed by atoms with E-state index in [4.69, 9.17) is 5.73 Å². The van der Waals surface area contributed by atoms with Crippen LogP contribution in [-0.4, -0.2) is 14.0 Å². The zero-order valence-corrected chi connectivity index (χ0v) is 14.1. The van der Waals surface area contributed by atoms with Crippen LogP contribution in [0.15, 0.2) is 23.1 Å². The maximum absolute atomic E-state index is 12.4. The number of nitrogens with one attached hydrogen (secondary N) is 1. The molecule has 5 heteroatoms. The molecule has 0 fully saturated rings. The van der Waals surface area contributed by atoms with E-state index in [9.17, 15) is 8.42 Å². The fourth-order valence-electron chi connectivity index (χ4n) is 2.57. The molecule has 4 nitrogen and oxygen atoms in total. The third kappa shape index (κ3) is 4.80. The third-order valence-corrected chi connectivity index (χ3v) is 4.64. The number of nitrogen functional groups attached to an aromatic ring is 1. The van der Waals surface area contributed by atoms with Crippen LogP contribution in [0.1, 0.15) is 46.6 Å². The maximum Gasteiger partial charge on any atom is 0.241 e. The lowest BCUT2D eigenvalue weighted by Gasteiger charge is -2.33. The van der Waals surface area contributed by atoms with Gasteiger partial charge in [0.15, 0.2) is 0 Å². The van der Waals surface area contributed by atoms with Crippen molar-refractivity contribution in [2.24, 2.45) is 5.41 Å². The summed E-state index contributed by atoms with van der Waals surface area (Å²) in [6.07, 6.45) is 0.737. The van der Waals surface area contributed by atoms with Gasteiger partial charge in [0.2, 0.25) is 10.0 Å². The molecule has 1 rings (SSSR count). The van der Waals surface area contributed by atoms with Gasteiger partial charge in [-0.2, -0.15) is 0 Å². The Morgan fingerprint density at radius 2 is 1.70 bits per heavy atom. The number of aryl methyl sites for hydroxylation is 1. The van der Waals surface area contributed by atoms with Crippen LogP contribution in [0.3, 0.4) is 0 Å². The lowest BCUT2D eigenvalue weighted by Crippen LogP contribution is -2.45. The molecular formula is C15H26N2O2S. The predicted octanol–water partition coefficient (Wildman–Crippen LogP) is 3.07. The summed E-state index contributed by atoms with van der Waals surface area (Å²) in [5.41, 5.74) is 6.67. The van der Waals surface area contributed by atoms with Crippen LogP contribution < -0.4 is 10.5 Å². The Kier molecular flexibility index (Phi) is 4.56. The molecule has 20 heavy (non-hydrogen) atoms. The first-order chi connectivity index (χ1) is 8.82. The lowest BCUT2D eigenvalue weighted by molar-refractivity contribution is 0.269. The molecule has 3 N–H and O–H groups in total. The van der Waals surface area contributed by atoms with Crippen LogP contribution in [0.2, 0.25) is 0 Å². The molecule has 0 aliphatic carbocycles. The average molecular weight is 298 g/mol. The average Bonchev–Trinajstić information content (AvgIpc) is 2.16. The van der Waals surface area contributed by atoms with Gasteiger partial charge in [0.25, 0.3) is 0 Å². The molecule has 0 aromatic heterocycles. The van der Waals surface area contributed by atoms with Gasteiger partial charge in [0, 0.05) is 11.2 Å². The number of nitrogens with two attached hydrogens (primary N) is 1. The highest BCUT2D eigenvalue weighted by molar-refractivity contribution is 7.89. The van der Waals surface area contributed by atoms with E-state index < -0.39 is 15.6 Å². The number of anilines is 1. The number of sulfonamides is 1. The second kappa shape index (κ2) is 5.37. The first kappa shape index (κ1) is 17.0. The standard InChI is InChI=1S/C15H26N2O2S/c1-11-7-8-12(9-13(11)16)20(18,19)17-15(5,6)10-14(2,3)4/h7-9,17H,10,16H2,1-6H3. The second-order valence-electron chi connectivity index (χ2n) is 7.25. The number of rotatable bonds is 4. The fourth-order valence-corrected chi connectivity index (χ4v) is 4.02. The van der Waals surface area contributed by atoms with Crippen molar-refractivity contribution >= 4 is 15.7 Å². The fraction of sp³-hybridized carbons (Fsp3) is 0.600. The molecule has 0 aliphatic rings. The highest BCUT2D eigenvalue weighted by Gasteiger charge is 2.30. The zero-order chi connectivity index (χ0) is 15.8. The number of benzene rings is 1. The quantitative estimate of drug-likeness (QED) is 0.839. The molecule has 0 aliphatic heterocycles. The first-order valence-electron chi connectivity index (χ1n) is 6.73. The molecule has 0 saturated heterocycles. The van der Waals surface area contributed by atoms with Gasteiger partial charge in [0.1, 0.15) is 0 Å². The molecule has 0 bridgehead atoms. The maximum atomic E-state index is 12.4. The SMILES string of the molecule is Cc1ccc(S(=O)(=O)NC(C)(C)CC(C)(C)C)cc1N. The Hall–Kier alpha value is -1.07. The van der Waals surface area contributed by atoms with Gasteiger partial charge in [-0.1, -0.05) is 26.8 Å². The Balaban J connectivity index is 3.03. The summed E-state index contributed by atoms with van der Waals surface area (Å²) in [5, 5.41) is 0. The van der Waals surface area contributed by atoms with Crippen LogP contribution in [0.5, 0.6) is 0 Å². The van der Waals surface area contributed by atoms with E-state index in [1.54, 1.807) is 12.1 Å². The Morgan fingerprint density at radius 1 is 1.15 bits per heavy atom. The van der Waals surface area contributed by atoms with Crippen molar-refractivity contribution in [2.75, 3.05) is 5.73 Å². The van der Waals surface area contributed by atoms with Crippen molar-refractivity contribution in [1.82, 2.24) is 4.72 Å². The normalized spacial score (nSPS) is 13.5. The van der Waals surface area contributed by atoms with Gasteiger partial charge in [-0.25, -0.2) is 13.1 Å². The largest absolute Gasteiger partial charge is 0.398 e. The van der Waals surface area contributed by atoms with E-state index in [0.29, 0.717) is 5.69 Å². The first-order valence-corrected chi connectivity index (χ1v) is 8.21. The van der Waals surface area contributed by atoms with Crippen molar-refractivity contribution < 1.29 is 8.42 Å². The smallest absolute Gasteiger partial charge is 0.241 e. The molecule has 0 saturated carbocycles. The summed E-state index contributed by atoms with van der Waals surface area (Å²) in [6, 6.07) is 4.81. The van der Waals surface area contributed by atoms with E-state index >= 15 is 0 Å². The van der Waals surface area contributed by atoms with E-state index in [1.165, 1.54) is 6.07 Å². The van der Waals surface area contributed by atoms with Crippen LogP contribution >= 0.6 is 0 Å². The van der Waals surface area contributed by atoms with Crippen molar-refractivity contribution in [2.45, 2.75) is 58.4 Å². The molecule has 0 unspecified atom stereocenters. The molecule has 0 spiro atoms. The summed E-state index contributed by atoms with van der Waals surface area (Å²) in [6.45, 7) is 11.9. The third-order valence-electron chi connectivity index (χ3n) is 2.94. The van der Waals surface area contributed by atoms with Crippen molar-refractivity contribution in [3.63, 3.8) is 0 Å². The summed E-state index contributed by atoms with van der Waals surface area (Å²) < 4.78 is 27.6. The van der Waals surface area contributed by atoms with E-state index in [2.05, 4.69) is 25.5 Å². The van der Waals surface area contributed by atoms with Crippen molar-refractivity contribution in [3.8, 4) is 0 Å². The molecule has 114 valence electrons. The molecule has 1 aromatic rings. The topological polar surface area (TPSA) is 72.2 Å². The van der Waals surface area contributed by atoms with Crippen LogP contribution in [0.4, 0.5) is 5.69 Å². The van der Waals surface area contributed by atoms with Crippen LogP contribution in [0, 0.1) is 12.3 Å². The zero-order valence-electron chi connectivity index (χ0n) is 13.2. The van der Waals surface area contributed by atoms with Crippen molar-refractivity contribution in [3.05, 3.63) is 23.8 Å². The lowest BCUT2D eigenvalue weighted by atomic mass is 9.82. The van der Waals surface area contributed by atoms with Gasteiger partial charge in [-0.05, 0) is 50.3 Å². The van der Waals surface area contributed by atoms with Gasteiger partial charge in [-0.15, -0.1) is 0 Å². The summed E-state index contributed by atoms with van der Waals surface area (Å²) in [5.74, 6) is 0. The Labute approximate surface area is 122 Å². The van der Waals surface area contributed by atoms with Crippen LogP contribution in [0.25, 0.3) is 0 Å². The number of hydrogen-bond acceptors (Lipinski definition) is 3. The minimum absolute atomic E-state index is 0.0400. The van der Waals surface area contributed by atoms with Gasteiger partial charge in [-0.3, -0.25) is 0 Å². The summed E-state index contributed by atoms with van der Waals surface area (Å²) in [7, 11) is -3.56. The molecule has 0 atom stereocenters.